The van der Waals surface area contributed by atoms with Crippen LogP contribution in [0.5, 0.6) is 5.75 Å². The van der Waals surface area contributed by atoms with E-state index in [0.29, 0.717) is 12.5 Å². The molecule has 4 nitrogen and oxygen atoms in total. The van der Waals surface area contributed by atoms with Crippen LogP contribution in [-0.4, -0.2) is 24.1 Å². The van der Waals surface area contributed by atoms with Gasteiger partial charge in [-0.1, -0.05) is 12.1 Å². The Labute approximate surface area is 119 Å². The van der Waals surface area contributed by atoms with E-state index in [1.165, 1.54) is 11.1 Å². The molecule has 2 aliphatic heterocycles. The van der Waals surface area contributed by atoms with Gasteiger partial charge in [0.05, 0.1) is 0 Å². The van der Waals surface area contributed by atoms with Crippen LogP contribution in [0.1, 0.15) is 37.8 Å². The number of hydrogen-bond donors (Lipinski definition) is 2. The third kappa shape index (κ3) is 2.96. The predicted octanol–water partition coefficient (Wildman–Crippen LogP) is 1.77. The Morgan fingerprint density at radius 3 is 3.05 bits per heavy atom. The second-order valence-electron chi connectivity index (χ2n) is 6.40. The Bertz CT molecular complexity index is 515. The standard InChI is InChI=1S/C16H22N2O2/c1-16(2)8-12-7-11(3-5-14(12)20-16)9-17-13-4-6-15(19)18-10-13/h3,5,7,13,17H,4,6,8-10H2,1-2H3,(H,18,19). The molecule has 1 aromatic rings. The van der Waals surface area contributed by atoms with Crippen LogP contribution < -0.4 is 15.4 Å². The topological polar surface area (TPSA) is 50.4 Å². The minimum atomic E-state index is -0.0813. The molecule has 20 heavy (non-hydrogen) atoms. The second kappa shape index (κ2) is 5.09. The first-order chi connectivity index (χ1) is 9.52. The fourth-order valence-corrected chi connectivity index (χ4v) is 2.94. The van der Waals surface area contributed by atoms with Crippen molar-refractivity contribution in [2.24, 2.45) is 0 Å². The number of carbonyl (C=O) groups is 1. The zero-order chi connectivity index (χ0) is 14.2. The summed E-state index contributed by atoms with van der Waals surface area (Å²) < 4.78 is 5.89. The van der Waals surface area contributed by atoms with Crippen LogP contribution in [0.25, 0.3) is 0 Å². The van der Waals surface area contributed by atoms with E-state index in [4.69, 9.17) is 4.74 Å². The number of ether oxygens (including phenoxy) is 1. The summed E-state index contributed by atoms with van der Waals surface area (Å²) in [6.45, 7) is 5.82. The lowest BCUT2D eigenvalue weighted by Gasteiger charge is -2.23. The minimum absolute atomic E-state index is 0.0813. The van der Waals surface area contributed by atoms with Gasteiger partial charge in [0.15, 0.2) is 0 Å². The molecule has 0 aromatic heterocycles. The fourth-order valence-electron chi connectivity index (χ4n) is 2.94. The molecule has 4 heteroatoms. The van der Waals surface area contributed by atoms with Gasteiger partial charge in [-0.25, -0.2) is 0 Å². The Kier molecular flexibility index (Phi) is 3.42. The van der Waals surface area contributed by atoms with E-state index in [-0.39, 0.29) is 11.5 Å². The molecule has 0 saturated carbocycles. The van der Waals surface area contributed by atoms with Crippen molar-refractivity contribution in [1.29, 1.82) is 0 Å². The van der Waals surface area contributed by atoms with Crippen molar-refractivity contribution >= 4 is 5.91 Å². The van der Waals surface area contributed by atoms with Crippen molar-refractivity contribution in [3.05, 3.63) is 29.3 Å². The van der Waals surface area contributed by atoms with Gasteiger partial charge in [0.1, 0.15) is 11.4 Å². The Morgan fingerprint density at radius 1 is 1.45 bits per heavy atom. The average molecular weight is 274 g/mol. The number of benzene rings is 1. The van der Waals surface area contributed by atoms with Gasteiger partial charge < -0.3 is 15.4 Å². The quantitative estimate of drug-likeness (QED) is 0.883. The van der Waals surface area contributed by atoms with E-state index in [1.54, 1.807) is 0 Å². The largest absolute Gasteiger partial charge is 0.487 e. The maximum Gasteiger partial charge on any atom is 0.220 e. The lowest BCUT2D eigenvalue weighted by molar-refractivity contribution is -0.122. The SMILES string of the molecule is CC1(C)Cc2cc(CNC3CCC(=O)NC3)ccc2O1. The molecule has 1 aromatic carbocycles. The van der Waals surface area contributed by atoms with E-state index >= 15 is 0 Å². The highest BCUT2D eigenvalue weighted by atomic mass is 16.5. The highest BCUT2D eigenvalue weighted by Crippen LogP contribution is 2.35. The summed E-state index contributed by atoms with van der Waals surface area (Å²) in [5, 5.41) is 6.41. The van der Waals surface area contributed by atoms with Crippen LogP contribution >= 0.6 is 0 Å². The van der Waals surface area contributed by atoms with Gasteiger partial charge in [0.25, 0.3) is 0 Å². The molecule has 2 heterocycles. The molecule has 1 fully saturated rings. The van der Waals surface area contributed by atoms with E-state index in [1.807, 2.05) is 0 Å². The molecule has 0 spiro atoms. The highest BCUT2D eigenvalue weighted by molar-refractivity contribution is 5.76. The molecule has 0 bridgehead atoms. The third-order valence-corrected chi connectivity index (χ3v) is 3.99. The van der Waals surface area contributed by atoms with Gasteiger partial charge in [-0.3, -0.25) is 4.79 Å². The first-order valence-electron chi connectivity index (χ1n) is 7.33. The van der Waals surface area contributed by atoms with Crippen molar-refractivity contribution in [1.82, 2.24) is 10.6 Å². The monoisotopic (exact) mass is 274 g/mol. The fraction of sp³-hybridized carbons (Fsp3) is 0.562. The summed E-state index contributed by atoms with van der Waals surface area (Å²) >= 11 is 0. The molecule has 0 aliphatic carbocycles. The molecule has 1 saturated heterocycles. The van der Waals surface area contributed by atoms with Gasteiger partial charge in [-0.05, 0) is 37.5 Å². The van der Waals surface area contributed by atoms with Crippen LogP contribution in [0.2, 0.25) is 0 Å². The normalized spacial score (nSPS) is 23.9. The van der Waals surface area contributed by atoms with Gasteiger partial charge in [0, 0.05) is 32.0 Å². The van der Waals surface area contributed by atoms with Crippen molar-refractivity contribution in [3.8, 4) is 5.75 Å². The van der Waals surface area contributed by atoms with Crippen molar-refractivity contribution in [2.45, 2.75) is 51.3 Å². The molecule has 2 N–H and O–H groups in total. The maximum atomic E-state index is 11.1. The first-order valence-corrected chi connectivity index (χ1v) is 7.33. The van der Waals surface area contributed by atoms with E-state index in [2.05, 4.69) is 42.7 Å². The minimum Gasteiger partial charge on any atom is -0.487 e. The van der Waals surface area contributed by atoms with Crippen molar-refractivity contribution < 1.29 is 9.53 Å². The van der Waals surface area contributed by atoms with E-state index < -0.39 is 0 Å². The van der Waals surface area contributed by atoms with Crippen molar-refractivity contribution in [3.63, 3.8) is 0 Å². The van der Waals surface area contributed by atoms with Gasteiger partial charge in [-0.2, -0.15) is 0 Å². The summed E-state index contributed by atoms with van der Waals surface area (Å²) in [4.78, 5) is 11.1. The Morgan fingerprint density at radius 2 is 2.30 bits per heavy atom. The summed E-state index contributed by atoms with van der Waals surface area (Å²) in [6.07, 6.45) is 2.52. The maximum absolute atomic E-state index is 11.1. The lowest BCUT2D eigenvalue weighted by Crippen LogP contribution is -2.45. The summed E-state index contributed by atoms with van der Waals surface area (Å²) in [7, 11) is 0. The molecule has 0 radical (unpaired) electrons. The Hall–Kier alpha value is -1.55. The van der Waals surface area contributed by atoms with Crippen LogP contribution in [0, 0.1) is 0 Å². The van der Waals surface area contributed by atoms with E-state index in [9.17, 15) is 4.79 Å². The van der Waals surface area contributed by atoms with Crippen molar-refractivity contribution in [2.75, 3.05) is 6.54 Å². The van der Waals surface area contributed by atoms with E-state index in [0.717, 1.165) is 31.7 Å². The molecular formula is C16H22N2O2. The number of piperidine rings is 1. The van der Waals surface area contributed by atoms with Crippen LogP contribution in [0.15, 0.2) is 18.2 Å². The molecule has 1 unspecified atom stereocenters. The molecule has 1 amide bonds. The molecule has 2 aliphatic rings. The number of nitrogens with one attached hydrogen (secondary N) is 2. The molecule has 3 rings (SSSR count). The van der Waals surface area contributed by atoms with Gasteiger partial charge in [-0.15, -0.1) is 0 Å². The molecular weight excluding hydrogens is 252 g/mol. The molecule has 108 valence electrons. The van der Waals surface area contributed by atoms with Crippen LogP contribution in [0.3, 0.4) is 0 Å². The van der Waals surface area contributed by atoms with Gasteiger partial charge >= 0.3 is 0 Å². The highest BCUT2D eigenvalue weighted by Gasteiger charge is 2.29. The number of carbonyl (C=O) groups excluding carboxylic acids is 1. The Balaban J connectivity index is 1.58. The zero-order valence-corrected chi connectivity index (χ0v) is 12.2. The number of amides is 1. The first kappa shape index (κ1) is 13.4. The van der Waals surface area contributed by atoms with Crippen LogP contribution in [0.4, 0.5) is 0 Å². The zero-order valence-electron chi connectivity index (χ0n) is 12.2. The smallest absolute Gasteiger partial charge is 0.220 e. The number of hydrogen-bond acceptors (Lipinski definition) is 3. The average Bonchev–Trinajstić information content (AvgIpc) is 2.71. The predicted molar refractivity (Wildman–Crippen MR) is 77.7 cm³/mol. The number of rotatable bonds is 3. The molecule has 1 atom stereocenters. The summed E-state index contributed by atoms with van der Waals surface area (Å²) in [5.41, 5.74) is 2.50. The third-order valence-electron chi connectivity index (χ3n) is 3.99. The second-order valence-corrected chi connectivity index (χ2v) is 6.40. The van der Waals surface area contributed by atoms with Gasteiger partial charge in [0.2, 0.25) is 5.91 Å². The van der Waals surface area contributed by atoms with Crippen LogP contribution in [-0.2, 0) is 17.8 Å². The summed E-state index contributed by atoms with van der Waals surface area (Å²) in [6, 6.07) is 6.81. The summed E-state index contributed by atoms with van der Waals surface area (Å²) in [5.74, 6) is 1.18. The number of fused-ring (bicyclic) bond motifs is 1. The lowest BCUT2D eigenvalue weighted by atomic mass is 10.00.